The van der Waals surface area contributed by atoms with Crippen LogP contribution in [0.4, 0.5) is 0 Å². The van der Waals surface area contributed by atoms with Crippen molar-refractivity contribution < 1.29 is 14.3 Å². The van der Waals surface area contributed by atoms with Gasteiger partial charge in [0.2, 0.25) is 0 Å². The summed E-state index contributed by atoms with van der Waals surface area (Å²) in [7, 11) is 1.60. The Labute approximate surface area is 192 Å². The molecule has 4 rings (SSSR count). The highest BCUT2D eigenvalue weighted by Crippen LogP contribution is 2.31. The molecule has 2 amide bonds. The molecule has 1 aliphatic heterocycles. The lowest BCUT2D eigenvalue weighted by molar-refractivity contribution is 0.0722. The van der Waals surface area contributed by atoms with Gasteiger partial charge in [0.15, 0.2) is 5.82 Å². The second kappa shape index (κ2) is 9.72. The summed E-state index contributed by atoms with van der Waals surface area (Å²) < 4.78 is 5.33. The maximum atomic E-state index is 13.0. The van der Waals surface area contributed by atoms with E-state index in [1.54, 1.807) is 25.1 Å². The number of hydrogen-bond donors (Lipinski definition) is 1. The maximum absolute atomic E-state index is 13.0. The first-order chi connectivity index (χ1) is 16.0. The van der Waals surface area contributed by atoms with E-state index < -0.39 is 0 Å². The summed E-state index contributed by atoms with van der Waals surface area (Å²) in [6, 6.07) is 7.26. The molecule has 9 heteroatoms. The first-order valence-electron chi connectivity index (χ1n) is 10.8. The highest BCUT2D eigenvalue weighted by molar-refractivity contribution is 5.95. The topological polar surface area (TPSA) is 110 Å². The molecule has 1 saturated heterocycles. The second-order valence-electron chi connectivity index (χ2n) is 7.92. The van der Waals surface area contributed by atoms with Crippen LogP contribution in [0.5, 0.6) is 5.75 Å². The van der Waals surface area contributed by atoms with Crippen molar-refractivity contribution in [2.45, 2.75) is 39.3 Å². The normalized spacial score (nSPS) is 15.4. The van der Waals surface area contributed by atoms with Gasteiger partial charge in [-0.3, -0.25) is 14.6 Å². The van der Waals surface area contributed by atoms with Gasteiger partial charge in [0.05, 0.1) is 36.3 Å². The summed E-state index contributed by atoms with van der Waals surface area (Å²) in [6.07, 6.45) is 6.21. The number of carbonyl (C=O) groups is 2. The quantitative estimate of drug-likeness (QED) is 0.620. The van der Waals surface area contributed by atoms with Gasteiger partial charge in [0, 0.05) is 31.0 Å². The molecular weight excluding hydrogens is 420 g/mol. The molecule has 0 aliphatic carbocycles. The highest BCUT2D eigenvalue weighted by atomic mass is 16.5. The molecule has 1 N–H and O–H groups in total. The highest BCUT2D eigenvalue weighted by Gasteiger charge is 2.33. The molecule has 9 nitrogen and oxygen atoms in total. The number of carbonyl (C=O) groups excluding carboxylic acids is 2. The van der Waals surface area contributed by atoms with Crippen LogP contribution in [0, 0.1) is 13.8 Å². The lowest BCUT2D eigenvalue weighted by atomic mass is 10.1. The van der Waals surface area contributed by atoms with Gasteiger partial charge in [-0.25, -0.2) is 15.0 Å². The Morgan fingerprint density at radius 1 is 1.12 bits per heavy atom. The van der Waals surface area contributed by atoms with Crippen LogP contribution in [-0.2, 0) is 6.54 Å². The van der Waals surface area contributed by atoms with Gasteiger partial charge in [-0.15, -0.1) is 0 Å². The van der Waals surface area contributed by atoms with Crippen LogP contribution in [-0.4, -0.2) is 50.3 Å². The molecule has 1 aliphatic rings. The molecule has 1 atom stereocenters. The number of benzene rings is 1. The van der Waals surface area contributed by atoms with E-state index in [1.807, 2.05) is 31.2 Å². The van der Waals surface area contributed by atoms with Crippen LogP contribution in [0.15, 0.2) is 42.9 Å². The van der Waals surface area contributed by atoms with Crippen LogP contribution in [0.1, 0.15) is 62.5 Å². The number of aryl methyl sites for hydroxylation is 2. The summed E-state index contributed by atoms with van der Waals surface area (Å²) in [6.45, 7) is 4.52. The average Bonchev–Trinajstić information content (AvgIpc) is 3.32. The fourth-order valence-electron chi connectivity index (χ4n) is 3.92. The Bertz CT molecular complexity index is 1170. The minimum absolute atomic E-state index is 0.190. The summed E-state index contributed by atoms with van der Waals surface area (Å²) in [5.74, 6) is 0.786. The van der Waals surface area contributed by atoms with E-state index in [9.17, 15) is 9.59 Å². The van der Waals surface area contributed by atoms with Gasteiger partial charge >= 0.3 is 0 Å². The monoisotopic (exact) mass is 446 g/mol. The zero-order valence-electron chi connectivity index (χ0n) is 18.9. The SMILES string of the molecule is COc1ccccc1CNC(=O)c1cnc([C@@H]2CCCN2C(=O)c2cnc(C)cn2)nc1C. The van der Waals surface area contributed by atoms with Gasteiger partial charge < -0.3 is 15.0 Å². The zero-order valence-corrected chi connectivity index (χ0v) is 18.9. The lowest BCUT2D eigenvalue weighted by Gasteiger charge is -2.23. The Morgan fingerprint density at radius 2 is 1.94 bits per heavy atom. The van der Waals surface area contributed by atoms with Crippen LogP contribution < -0.4 is 10.1 Å². The van der Waals surface area contributed by atoms with Crippen LogP contribution in [0.2, 0.25) is 0 Å². The van der Waals surface area contributed by atoms with Gasteiger partial charge in [0.1, 0.15) is 11.4 Å². The van der Waals surface area contributed by atoms with Gasteiger partial charge in [-0.05, 0) is 32.8 Å². The number of nitrogens with one attached hydrogen (secondary N) is 1. The van der Waals surface area contributed by atoms with Crippen molar-refractivity contribution in [1.82, 2.24) is 30.2 Å². The van der Waals surface area contributed by atoms with Crippen molar-refractivity contribution in [2.24, 2.45) is 0 Å². The Balaban J connectivity index is 1.47. The number of ether oxygens (including phenoxy) is 1. The van der Waals surface area contributed by atoms with Gasteiger partial charge in [-0.2, -0.15) is 0 Å². The summed E-state index contributed by atoms with van der Waals surface area (Å²) in [5, 5.41) is 2.89. The standard InChI is InChI=1S/C24H26N6O3/c1-15-11-26-19(14-25-15)24(32)30-10-6-8-20(30)22-27-13-18(16(2)29-22)23(31)28-12-17-7-4-5-9-21(17)33-3/h4-5,7,9,11,13-14,20H,6,8,10,12H2,1-3H3,(H,28,31)/t20-/m0/s1. The average molecular weight is 447 g/mol. The number of hydrogen-bond acceptors (Lipinski definition) is 7. The van der Waals surface area contributed by atoms with Crippen molar-refractivity contribution >= 4 is 11.8 Å². The number of amides is 2. The molecular formula is C24H26N6O3. The maximum Gasteiger partial charge on any atom is 0.274 e. The summed E-state index contributed by atoms with van der Waals surface area (Å²) in [4.78, 5) is 44.8. The molecule has 0 unspecified atom stereocenters. The Morgan fingerprint density at radius 3 is 2.67 bits per heavy atom. The second-order valence-corrected chi connectivity index (χ2v) is 7.92. The molecule has 0 radical (unpaired) electrons. The van der Waals surface area contributed by atoms with E-state index in [1.165, 1.54) is 12.4 Å². The third-order valence-corrected chi connectivity index (χ3v) is 5.69. The third kappa shape index (κ3) is 4.82. The van der Waals surface area contributed by atoms with E-state index in [2.05, 4.69) is 25.3 Å². The minimum atomic E-state index is -0.265. The number of rotatable bonds is 6. The van der Waals surface area contributed by atoms with Gasteiger partial charge in [-0.1, -0.05) is 18.2 Å². The molecule has 0 spiro atoms. The molecule has 1 fully saturated rings. The molecule has 3 aromatic rings. The van der Waals surface area contributed by atoms with E-state index in [4.69, 9.17) is 4.74 Å². The molecule has 0 bridgehead atoms. The first-order valence-corrected chi connectivity index (χ1v) is 10.8. The van der Waals surface area contributed by atoms with Crippen molar-refractivity contribution in [2.75, 3.05) is 13.7 Å². The Hall–Kier alpha value is -3.88. The van der Waals surface area contributed by atoms with Gasteiger partial charge in [0.25, 0.3) is 11.8 Å². The number of likely N-dealkylation sites (tertiary alicyclic amines) is 1. The van der Waals surface area contributed by atoms with Crippen LogP contribution in [0.3, 0.4) is 0 Å². The van der Waals surface area contributed by atoms with E-state index >= 15 is 0 Å². The summed E-state index contributed by atoms with van der Waals surface area (Å²) >= 11 is 0. The van der Waals surface area contributed by atoms with Crippen molar-refractivity contribution in [3.05, 3.63) is 76.9 Å². The molecule has 0 saturated carbocycles. The smallest absolute Gasteiger partial charge is 0.274 e. The number of methoxy groups -OCH3 is 1. The zero-order chi connectivity index (χ0) is 23.4. The fourth-order valence-corrected chi connectivity index (χ4v) is 3.92. The molecule has 2 aromatic heterocycles. The van der Waals surface area contributed by atoms with E-state index in [0.717, 1.165) is 24.1 Å². The third-order valence-electron chi connectivity index (χ3n) is 5.69. The Kier molecular flexibility index (Phi) is 6.58. The molecule has 33 heavy (non-hydrogen) atoms. The van der Waals surface area contributed by atoms with E-state index in [0.29, 0.717) is 41.6 Å². The molecule has 3 heterocycles. The lowest BCUT2D eigenvalue weighted by Crippen LogP contribution is -2.32. The first kappa shape index (κ1) is 22.3. The predicted molar refractivity (Wildman–Crippen MR) is 121 cm³/mol. The minimum Gasteiger partial charge on any atom is -0.496 e. The fraction of sp³-hybridized carbons (Fsp3) is 0.333. The molecule has 1 aromatic carbocycles. The largest absolute Gasteiger partial charge is 0.496 e. The van der Waals surface area contributed by atoms with Crippen molar-refractivity contribution in [1.29, 1.82) is 0 Å². The number of nitrogens with zero attached hydrogens (tertiary/aromatic N) is 5. The molecule has 170 valence electrons. The van der Waals surface area contributed by atoms with Crippen molar-refractivity contribution in [3.8, 4) is 5.75 Å². The van der Waals surface area contributed by atoms with Crippen LogP contribution in [0.25, 0.3) is 0 Å². The van der Waals surface area contributed by atoms with E-state index in [-0.39, 0.29) is 17.9 Å². The van der Waals surface area contributed by atoms with Crippen LogP contribution >= 0.6 is 0 Å². The number of para-hydroxylation sites is 1. The summed E-state index contributed by atoms with van der Waals surface area (Å²) in [5.41, 5.74) is 2.89. The predicted octanol–water partition coefficient (Wildman–Crippen LogP) is 2.80. The van der Waals surface area contributed by atoms with Crippen molar-refractivity contribution in [3.63, 3.8) is 0 Å². The number of aromatic nitrogens is 4.